The molecule has 1 amide bonds. The molecule has 100 valence electrons. The monoisotopic (exact) mass is 267 g/mol. The van der Waals surface area contributed by atoms with Crippen molar-refractivity contribution in [2.24, 2.45) is 0 Å². The molecule has 0 aliphatic heterocycles. The van der Waals surface area contributed by atoms with Gasteiger partial charge in [0.2, 0.25) is 12.2 Å². The molecule has 1 N–H and O–H groups in total. The molecule has 0 aromatic carbocycles. The average Bonchev–Trinajstić information content (AvgIpc) is 2.26. The molecule has 7 nitrogen and oxygen atoms in total. The largest absolute Gasteiger partial charge is 0.464 e. The summed E-state index contributed by atoms with van der Waals surface area (Å²) in [6.07, 6.45) is 0.256. The fourth-order valence-corrected chi connectivity index (χ4v) is 2.79. The zero-order valence-corrected chi connectivity index (χ0v) is 11.1. The van der Waals surface area contributed by atoms with Gasteiger partial charge in [0, 0.05) is 0 Å². The predicted molar refractivity (Wildman–Crippen MR) is 60.5 cm³/mol. The van der Waals surface area contributed by atoms with Crippen LogP contribution in [0.1, 0.15) is 20.8 Å². The lowest BCUT2D eigenvalue weighted by atomic mass is 10.6. The van der Waals surface area contributed by atoms with Crippen LogP contribution in [-0.4, -0.2) is 38.0 Å². The molecule has 0 heterocycles. The van der Waals surface area contributed by atoms with Gasteiger partial charge >= 0.3 is 13.6 Å². The number of hydrogen-bond acceptors (Lipinski definition) is 6. The fraction of sp³-hybridized carbons (Fsp3) is 0.778. The van der Waals surface area contributed by atoms with Crippen LogP contribution in [0.25, 0.3) is 0 Å². The Bertz CT molecular complexity index is 285. The Morgan fingerprint density at radius 3 is 2.12 bits per heavy atom. The molecule has 1 atom stereocenters. The van der Waals surface area contributed by atoms with Crippen LogP contribution < -0.4 is 5.32 Å². The molecular weight excluding hydrogens is 249 g/mol. The summed E-state index contributed by atoms with van der Waals surface area (Å²) in [6, 6.07) is 0. The van der Waals surface area contributed by atoms with Crippen LogP contribution in [0.5, 0.6) is 0 Å². The maximum absolute atomic E-state index is 12.3. The second-order valence-corrected chi connectivity index (χ2v) is 4.93. The lowest BCUT2D eigenvalue weighted by Crippen LogP contribution is -2.38. The van der Waals surface area contributed by atoms with E-state index in [-0.39, 0.29) is 26.2 Å². The highest BCUT2D eigenvalue weighted by molar-refractivity contribution is 7.55. The van der Waals surface area contributed by atoms with Crippen LogP contribution >= 0.6 is 7.60 Å². The summed E-state index contributed by atoms with van der Waals surface area (Å²) in [5, 5.41) is 2.11. The third-order valence-corrected chi connectivity index (χ3v) is 3.90. The number of esters is 1. The van der Waals surface area contributed by atoms with Gasteiger partial charge in [0.05, 0.1) is 19.8 Å². The summed E-state index contributed by atoms with van der Waals surface area (Å²) in [4.78, 5) is 22.0. The van der Waals surface area contributed by atoms with Crippen LogP contribution in [0.15, 0.2) is 0 Å². The molecular formula is C9H18NO6P. The molecule has 0 aliphatic rings. The van der Waals surface area contributed by atoms with Gasteiger partial charge in [-0.15, -0.1) is 0 Å². The fourth-order valence-electron chi connectivity index (χ4n) is 1.12. The highest BCUT2D eigenvalue weighted by Crippen LogP contribution is 2.52. The molecule has 1 unspecified atom stereocenters. The minimum atomic E-state index is -3.75. The van der Waals surface area contributed by atoms with Crippen molar-refractivity contribution in [1.29, 1.82) is 0 Å². The van der Waals surface area contributed by atoms with E-state index in [9.17, 15) is 14.2 Å². The molecule has 0 saturated carbocycles. The number of rotatable bonds is 9. The van der Waals surface area contributed by atoms with Crippen LogP contribution in [0, 0.1) is 0 Å². The molecule has 0 aromatic heterocycles. The van der Waals surface area contributed by atoms with Crippen molar-refractivity contribution in [3.8, 4) is 0 Å². The van der Waals surface area contributed by atoms with Gasteiger partial charge in [-0.05, 0) is 20.8 Å². The van der Waals surface area contributed by atoms with E-state index in [1.165, 1.54) is 0 Å². The smallest absolute Gasteiger partial charge is 0.364 e. The lowest BCUT2D eigenvalue weighted by molar-refractivity contribution is -0.144. The van der Waals surface area contributed by atoms with Crippen molar-refractivity contribution in [1.82, 2.24) is 5.32 Å². The van der Waals surface area contributed by atoms with Gasteiger partial charge in [0.25, 0.3) is 0 Å². The Hall–Kier alpha value is -0.910. The lowest BCUT2D eigenvalue weighted by Gasteiger charge is -2.23. The normalized spacial score (nSPS) is 12.9. The molecule has 0 aliphatic carbocycles. The molecule has 0 spiro atoms. The third kappa shape index (κ3) is 4.85. The van der Waals surface area contributed by atoms with Crippen molar-refractivity contribution in [2.75, 3.05) is 19.8 Å². The number of hydrogen-bond donors (Lipinski definition) is 1. The van der Waals surface area contributed by atoms with E-state index in [0.29, 0.717) is 0 Å². The first-order valence-corrected chi connectivity index (χ1v) is 6.92. The molecule has 0 radical (unpaired) electrons. The first-order valence-electron chi connectivity index (χ1n) is 5.30. The maximum Gasteiger partial charge on any atom is 0.364 e. The first-order chi connectivity index (χ1) is 8.05. The summed E-state index contributed by atoms with van der Waals surface area (Å²) >= 11 is 0. The number of carbonyl (C=O) groups excluding carboxylic acids is 2. The van der Waals surface area contributed by atoms with Crippen molar-refractivity contribution >= 4 is 20.0 Å². The number of nitrogens with one attached hydrogen (secondary N) is 1. The van der Waals surface area contributed by atoms with Crippen LogP contribution in [0.2, 0.25) is 0 Å². The van der Waals surface area contributed by atoms with Crippen LogP contribution in [0.4, 0.5) is 0 Å². The summed E-state index contributed by atoms with van der Waals surface area (Å²) in [5.74, 6) is -2.27. The maximum atomic E-state index is 12.3. The van der Waals surface area contributed by atoms with Crippen LogP contribution in [0.3, 0.4) is 0 Å². The molecule has 0 saturated heterocycles. The summed E-state index contributed by atoms with van der Waals surface area (Å²) in [5.41, 5.74) is 0. The van der Waals surface area contributed by atoms with E-state index in [4.69, 9.17) is 13.8 Å². The number of amides is 1. The van der Waals surface area contributed by atoms with Crippen LogP contribution in [-0.2, 0) is 27.9 Å². The SMILES string of the molecule is CCOC(=O)C(NC=O)P(=O)(OCC)OCC. The Morgan fingerprint density at radius 2 is 1.76 bits per heavy atom. The predicted octanol–water partition coefficient (Wildman–Crippen LogP) is 0.888. The molecule has 0 rings (SSSR count). The van der Waals surface area contributed by atoms with Gasteiger partial charge in [0.1, 0.15) is 0 Å². The first kappa shape index (κ1) is 16.1. The Balaban J connectivity index is 5.00. The van der Waals surface area contributed by atoms with E-state index in [1.54, 1.807) is 20.8 Å². The van der Waals surface area contributed by atoms with Crippen molar-refractivity contribution in [3.05, 3.63) is 0 Å². The molecule has 0 bridgehead atoms. The summed E-state index contributed by atoms with van der Waals surface area (Å²) in [6.45, 7) is 5.10. The van der Waals surface area contributed by atoms with E-state index < -0.39 is 19.3 Å². The van der Waals surface area contributed by atoms with Gasteiger partial charge in [-0.25, -0.2) is 4.79 Å². The zero-order valence-electron chi connectivity index (χ0n) is 10.2. The quantitative estimate of drug-likeness (QED) is 0.379. The van der Waals surface area contributed by atoms with E-state index in [1.807, 2.05) is 0 Å². The summed E-state index contributed by atoms with van der Waals surface area (Å²) < 4.78 is 26.9. The van der Waals surface area contributed by atoms with E-state index >= 15 is 0 Å². The minimum absolute atomic E-state index is 0.0910. The van der Waals surface area contributed by atoms with Gasteiger partial charge < -0.3 is 19.1 Å². The van der Waals surface area contributed by atoms with E-state index in [2.05, 4.69) is 5.32 Å². The highest BCUT2D eigenvalue weighted by Gasteiger charge is 2.42. The second kappa shape index (κ2) is 8.22. The Kier molecular flexibility index (Phi) is 7.78. The molecule has 0 aromatic rings. The van der Waals surface area contributed by atoms with Gasteiger partial charge in [-0.1, -0.05) is 0 Å². The Labute approximate surface area is 100 Å². The second-order valence-electron chi connectivity index (χ2n) is 2.81. The van der Waals surface area contributed by atoms with E-state index in [0.717, 1.165) is 0 Å². The standard InChI is InChI=1S/C9H18NO6P/c1-4-14-9(12)8(10-7-11)17(13,15-5-2)16-6-3/h7-8H,4-6H2,1-3H3,(H,10,11). The third-order valence-electron chi connectivity index (χ3n) is 1.67. The highest BCUT2D eigenvalue weighted by atomic mass is 31.2. The number of ether oxygens (including phenoxy) is 1. The van der Waals surface area contributed by atoms with Crippen molar-refractivity contribution in [3.63, 3.8) is 0 Å². The molecule has 8 heteroatoms. The van der Waals surface area contributed by atoms with Gasteiger partial charge in [0.15, 0.2) is 0 Å². The minimum Gasteiger partial charge on any atom is -0.464 e. The van der Waals surface area contributed by atoms with Crippen molar-refractivity contribution in [2.45, 2.75) is 26.6 Å². The average molecular weight is 267 g/mol. The van der Waals surface area contributed by atoms with Crippen molar-refractivity contribution < 1.29 is 27.9 Å². The molecule has 17 heavy (non-hydrogen) atoms. The van der Waals surface area contributed by atoms with Gasteiger partial charge in [-0.2, -0.15) is 0 Å². The number of carbonyl (C=O) groups is 2. The molecule has 0 fully saturated rings. The Morgan fingerprint density at radius 1 is 1.24 bits per heavy atom. The zero-order chi connectivity index (χ0) is 13.3. The topological polar surface area (TPSA) is 90.9 Å². The van der Waals surface area contributed by atoms with Gasteiger partial charge in [-0.3, -0.25) is 9.36 Å². The summed E-state index contributed by atoms with van der Waals surface area (Å²) in [7, 11) is -3.75.